The average molecular weight is 431 g/mol. The van der Waals surface area contributed by atoms with Crippen molar-refractivity contribution in [3.05, 3.63) is 82.9 Å². The van der Waals surface area contributed by atoms with Gasteiger partial charge in [-0.2, -0.15) is 0 Å². The molecule has 32 heavy (non-hydrogen) atoms. The highest BCUT2D eigenvalue weighted by Gasteiger charge is 2.31. The monoisotopic (exact) mass is 430 g/mol. The molecule has 1 saturated carbocycles. The number of benzene rings is 3. The Labute approximate surface area is 189 Å². The molecule has 4 heterocycles. The molecule has 0 aromatic heterocycles. The normalized spacial score (nSPS) is 23.1. The lowest BCUT2D eigenvalue weighted by Crippen LogP contribution is -2.29. The summed E-state index contributed by atoms with van der Waals surface area (Å²) in [5, 5.41) is 31.4. The van der Waals surface area contributed by atoms with E-state index >= 15 is 0 Å². The molecule has 8 rings (SSSR count). The molecule has 0 spiro atoms. The van der Waals surface area contributed by atoms with Crippen molar-refractivity contribution in [1.29, 1.82) is 0 Å². The van der Waals surface area contributed by atoms with Crippen molar-refractivity contribution in [2.45, 2.75) is 57.0 Å². The van der Waals surface area contributed by atoms with Gasteiger partial charge in [-0.05, 0) is 110 Å². The first-order valence-electron chi connectivity index (χ1n) is 11.6. The van der Waals surface area contributed by atoms with Gasteiger partial charge in [0.2, 0.25) is 0 Å². The van der Waals surface area contributed by atoms with Crippen LogP contribution in [0.15, 0.2) is 60.7 Å². The lowest BCUT2D eigenvalue weighted by atomic mass is 9.73. The lowest BCUT2D eigenvalue weighted by Gasteiger charge is -2.34. The van der Waals surface area contributed by atoms with Crippen molar-refractivity contribution in [3.8, 4) is 23.0 Å². The minimum Gasteiger partial charge on any atom is -0.508 e. The number of phenolic OH excluding ortho intramolecular Hbond substituents is 2. The molecule has 4 aliphatic heterocycles. The summed E-state index contributed by atoms with van der Waals surface area (Å²) in [6.45, 7) is 0. The number of aromatic hydroxyl groups is 2. The van der Waals surface area contributed by atoms with Gasteiger partial charge in [0.25, 0.3) is 0 Å². The van der Waals surface area contributed by atoms with Crippen LogP contribution in [0.4, 0.5) is 0 Å². The molecule has 4 heteroatoms. The fourth-order valence-electron chi connectivity index (χ4n) is 5.32. The van der Waals surface area contributed by atoms with Gasteiger partial charge in [0, 0.05) is 5.92 Å². The van der Waals surface area contributed by atoms with E-state index in [0.29, 0.717) is 17.4 Å². The zero-order valence-electron chi connectivity index (χ0n) is 18.2. The van der Waals surface area contributed by atoms with Crippen LogP contribution in [0.1, 0.15) is 53.9 Å². The first-order chi connectivity index (χ1) is 15.5. The van der Waals surface area contributed by atoms with E-state index in [1.807, 2.05) is 48.5 Å². The Hall–Kier alpha value is -2.98. The largest absolute Gasteiger partial charge is 0.508 e. The van der Waals surface area contributed by atoms with Gasteiger partial charge >= 0.3 is 0 Å². The van der Waals surface area contributed by atoms with Crippen LogP contribution in [0.5, 0.6) is 23.0 Å². The molecule has 3 N–H and O–H groups in total. The van der Waals surface area contributed by atoms with E-state index in [0.717, 1.165) is 56.1 Å². The van der Waals surface area contributed by atoms with E-state index in [2.05, 4.69) is 0 Å². The fraction of sp³-hybridized carbons (Fsp3) is 0.357. The lowest BCUT2D eigenvalue weighted by molar-refractivity contribution is 0.0757. The minimum atomic E-state index is -0.367. The summed E-state index contributed by atoms with van der Waals surface area (Å²) >= 11 is 0. The van der Waals surface area contributed by atoms with E-state index in [1.165, 1.54) is 11.1 Å². The second kappa shape index (κ2) is 8.87. The van der Waals surface area contributed by atoms with Crippen molar-refractivity contribution >= 4 is 0 Å². The number of phenols is 2. The van der Waals surface area contributed by atoms with Crippen LogP contribution in [0.3, 0.4) is 0 Å². The van der Waals surface area contributed by atoms with Crippen LogP contribution in [0.25, 0.3) is 0 Å². The van der Waals surface area contributed by atoms with Gasteiger partial charge < -0.3 is 20.1 Å². The summed E-state index contributed by atoms with van der Waals surface area (Å²) in [4.78, 5) is 0. The Kier molecular flexibility index (Phi) is 5.79. The molecule has 0 amide bonds. The predicted octanol–water partition coefficient (Wildman–Crippen LogP) is 5.87. The molecule has 6 bridgehead atoms. The Morgan fingerprint density at radius 2 is 1.56 bits per heavy atom. The van der Waals surface area contributed by atoms with Crippen LogP contribution in [0.2, 0.25) is 0 Å². The zero-order valence-corrected chi connectivity index (χ0v) is 18.2. The first kappa shape index (κ1) is 20.9. The van der Waals surface area contributed by atoms with Gasteiger partial charge in [-0.15, -0.1) is 0 Å². The highest BCUT2D eigenvalue weighted by molar-refractivity contribution is 5.45. The zero-order chi connectivity index (χ0) is 22.1. The number of aliphatic hydroxyl groups is 1. The SMILES string of the molecule is Oc1ccc2c(c1)CCc1ccc(cc1)Oc1cc(ccc1O)CCC1CCC2C(O)C1. The Bertz CT molecular complexity index is 1090. The topological polar surface area (TPSA) is 69.9 Å². The number of rotatable bonds is 0. The summed E-state index contributed by atoms with van der Waals surface area (Å²) < 4.78 is 5.97. The second-order valence-corrected chi connectivity index (χ2v) is 9.32. The van der Waals surface area contributed by atoms with E-state index in [-0.39, 0.29) is 23.5 Å². The third-order valence-electron chi connectivity index (χ3n) is 7.15. The Morgan fingerprint density at radius 3 is 2.38 bits per heavy atom. The molecule has 166 valence electrons. The molecule has 3 atom stereocenters. The van der Waals surface area contributed by atoms with Crippen LogP contribution < -0.4 is 4.74 Å². The van der Waals surface area contributed by atoms with Crippen molar-refractivity contribution in [2.24, 2.45) is 5.92 Å². The molecule has 1 fully saturated rings. The number of hydrogen-bond donors (Lipinski definition) is 3. The van der Waals surface area contributed by atoms with Crippen molar-refractivity contribution < 1.29 is 20.1 Å². The highest BCUT2D eigenvalue weighted by atomic mass is 16.5. The molecular weight excluding hydrogens is 400 g/mol. The van der Waals surface area contributed by atoms with Gasteiger partial charge in [-0.3, -0.25) is 0 Å². The quantitative estimate of drug-likeness (QED) is 0.417. The third kappa shape index (κ3) is 4.46. The van der Waals surface area contributed by atoms with Gasteiger partial charge in [0.15, 0.2) is 11.5 Å². The van der Waals surface area contributed by atoms with Crippen LogP contribution in [0, 0.1) is 5.92 Å². The predicted molar refractivity (Wildman–Crippen MR) is 125 cm³/mol. The maximum absolute atomic E-state index is 11.0. The Morgan fingerprint density at radius 1 is 0.750 bits per heavy atom. The standard InChI is InChI=1S/C28H30O4/c29-22-9-13-24-21(17-22)8-3-18-4-10-23(11-5-18)32-28-16-20(7-14-26(28)30)2-1-19-6-12-25(24)27(31)15-19/h4-5,7,9-11,13-14,16-17,19,25,27,29-31H,1-3,6,8,12,15H2. The summed E-state index contributed by atoms with van der Waals surface area (Å²) in [7, 11) is 0. The molecule has 3 unspecified atom stereocenters. The van der Waals surface area contributed by atoms with Crippen LogP contribution in [-0.4, -0.2) is 21.4 Å². The van der Waals surface area contributed by atoms with Crippen molar-refractivity contribution in [2.75, 3.05) is 0 Å². The molecule has 1 aliphatic carbocycles. The van der Waals surface area contributed by atoms with E-state index in [1.54, 1.807) is 12.1 Å². The van der Waals surface area contributed by atoms with Crippen LogP contribution >= 0.6 is 0 Å². The third-order valence-corrected chi connectivity index (χ3v) is 7.15. The number of aliphatic hydroxyl groups excluding tert-OH is 1. The summed E-state index contributed by atoms with van der Waals surface area (Å²) in [6, 6.07) is 19.1. The highest BCUT2D eigenvalue weighted by Crippen LogP contribution is 2.40. The Balaban J connectivity index is 1.49. The fourth-order valence-corrected chi connectivity index (χ4v) is 5.32. The minimum absolute atomic E-state index is 0.122. The maximum Gasteiger partial charge on any atom is 0.169 e. The molecule has 0 radical (unpaired) electrons. The molecule has 4 nitrogen and oxygen atoms in total. The number of hydrogen-bond acceptors (Lipinski definition) is 4. The number of aryl methyl sites for hydroxylation is 3. The van der Waals surface area contributed by atoms with Gasteiger partial charge in [0.05, 0.1) is 6.10 Å². The summed E-state index contributed by atoms with van der Waals surface area (Å²) in [5.74, 6) is 2.19. The van der Waals surface area contributed by atoms with Crippen molar-refractivity contribution in [3.63, 3.8) is 0 Å². The second-order valence-electron chi connectivity index (χ2n) is 9.32. The molecule has 3 aromatic rings. The summed E-state index contributed by atoms with van der Waals surface area (Å²) in [6.07, 6.45) is 6.02. The average Bonchev–Trinajstić information content (AvgIpc) is 2.79. The summed E-state index contributed by atoms with van der Waals surface area (Å²) in [5.41, 5.74) is 4.61. The van der Waals surface area contributed by atoms with Gasteiger partial charge in [-0.1, -0.05) is 24.3 Å². The molecule has 0 saturated heterocycles. The van der Waals surface area contributed by atoms with E-state index in [9.17, 15) is 15.3 Å². The molecule has 5 aliphatic rings. The smallest absolute Gasteiger partial charge is 0.169 e. The van der Waals surface area contributed by atoms with E-state index in [4.69, 9.17) is 4.74 Å². The van der Waals surface area contributed by atoms with Gasteiger partial charge in [-0.25, -0.2) is 0 Å². The molecular formula is C28H30O4. The van der Waals surface area contributed by atoms with Crippen LogP contribution in [-0.2, 0) is 19.3 Å². The first-order valence-corrected chi connectivity index (χ1v) is 11.6. The van der Waals surface area contributed by atoms with Crippen molar-refractivity contribution in [1.82, 2.24) is 0 Å². The number of ether oxygens (including phenoxy) is 1. The molecule has 3 aromatic carbocycles. The maximum atomic E-state index is 11.0. The van der Waals surface area contributed by atoms with Gasteiger partial charge in [0.1, 0.15) is 11.5 Å². The van der Waals surface area contributed by atoms with E-state index < -0.39 is 0 Å².